The normalized spacial score (nSPS) is 10.3. The number of hydrogen-bond acceptors (Lipinski definition) is 4. The molecule has 0 aliphatic carbocycles. The molecule has 2 aromatic rings. The van der Waals surface area contributed by atoms with Gasteiger partial charge >= 0.3 is 0 Å². The summed E-state index contributed by atoms with van der Waals surface area (Å²) < 4.78 is 0.998. The van der Waals surface area contributed by atoms with Crippen LogP contribution in [0.5, 0.6) is 0 Å². The molecule has 0 aliphatic heterocycles. The summed E-state index contributed by atoms with van der Waals surface area (Å²) in [6.07, 6.45) is 0. The number of anilines is 1. The average molecular weight is 348 g/mol. The zero-order valence-electron chi connectivity index (χ0n) is 9.02. The molecular weight excluding hydrogens is 340 g/mol. The molecule has 1 N–H and O–H groups in total. The van der Waals surface area contributed by atoms with Gasteiger partial charge in [0.1, 0.15) is 5.69 Å². The van der Waals surface area contributed by atoms with E-state index in [2.05, 4.69) is 21.2 Å². The molecule has 0 saturated heterocycles. The summed E-state index contributed by atoms with van der Waals surface area (Å²) in [5.41, 5.74) is 0.340. The number of nitro groups is 1. The van der Waals surface area contributed by atoms with Gasteiger partial charge in [-0.15, -0.1) is 11.3 Å². The van der Waals surface area contributed by atoms with Crippen LogP contribution in [0.1, 0.15) is 4.88 Å². The zero-order chi connectivity index (χ0) is 13.1. The number of thiophene rings is 1. The van der Waals surface area contributed by atoms with E-state index in [1.54, 1.807) is 23.5 Å². The van der Waals surface area contributed by atoms with Crippen LogP contribution in [0.3, 0.4) is 0 Å². The molecule has 0 bridgehead atoms. The highest BCUT2D eigenvalue weighted by Crippen LogP contribution is 2.32. The maximum atomic E-state index is 10.9. The Kier molecular flexibility index (Phi) is 4.21. The quantitative estimate of drug-likeness (QED) is 0.645. The molecule has 0 atom stereocenters. The van der Waals surface area contributed by atoms with Crippen molar-refractivity contribution in [2.24, 2.45) is 0 Å². The van der Waals surface area contributed by atoms with Crippen molar-refractivity contribution < 1.29 is 4.92 Å². The molecule has 0 fully saturated rings. The lowest BCUT2D eigenvalue weighted by Crippen LogP contribution is -2.02. The molecule has 1 aromatic carbocycles. The second-order valence-electron chi connectivity index (χ2n) is 3.48. The van der Waals surface area contributed by atoms with Crippen LogP contribution in [0, 0.1) is 10.1 Å². The van der Waals surface area contributed by atoms with Gasteiger partial charge in [0.25, 0.3) is 5.69 Å². The number of hydrogen-bond donors (Lipinski definition) is 1. The first-order valence-corrected chi connectivity index (χ1v) is 7.02. The number of rotatable bonds is 4. The van der Waals surface area contributed by atoms with Gasteiger partial charge in [-0.1, -0.05) is 17.7 Å². The molecule has 0 spiro atoms. The third-order valence-corrected chi connectivity index (χ3v) is 4.26. The lowest BCUT2D eigenvalue weighted by molar-refractivity contribution is -0.383. The maximum Gasteiger partial charge on any atom is 0.293 e. The van der Waals surface area contributed by atoms with Crippen LogP contribution >= 0.6 is 38.9 Å². The first-order chi connectivity index (χ1) is 8.58. The molecule has 18 heavy (non-hydrogen) atoms. The maximum absolute atomic E-state index is 10.9. The fourth-order valence-corrected chi connectivity index (χ4v) is 3.09. The van der Waals surface area contributed by atoms with E-state index in [0.717, 1.165) is 9.35 Å². The molecule has 0 aliphatic rings. The van der Waals surface area contributed by atoms with E-state index in [-0.39, 0.29) is 5.69 Å². The SMILES string of the molecule is O=[N+]([O-])c1cccc(Cl)c1NCc1cc(Br)cs1. The topological polar surface area (TPSA) is 55.2 Å². The van der Waals surface area contributed by atoms with Gasteiger partial charge in [0, 0.05) is 27.3 Å². The van der Waals surface area contributed by atoms with Crippen molar-refractivity contribution in [1.82, 2.24) is 0 Å². The predicted octanol–water partition coefficient (Wildman–Crippen LogP) is 4.68. The number of benzene rings is 1. The van der Waals surface area contributed by atoms with Gasteiger partial charge in [-0.3, -0.25) is 10.1 Å². The van der Waals surface area contributed by atoms with E-state index in [1.807, 2.05) is 11.4 Å². The van der Waals surface area contributed by atoms with Gasteiger partial charge < -0.3 is 5.32 Å². The Bertz CT molecular complexity index is 588. The third kappa shape index (κ3) is 3.01. The lowest BCUT2D eigenvalue weighted by Gasteiger charge is -2.07. The Morgan fingerprint density at radius 3 is 2.89 bits per heavy atom. The van der Waals surface area contributed by atoms with Crippen molar-refractivity contribution in [3.63, 3.8) is 0 Å². The van der Waals surface area contributed by atoms with Crippen molar-refractivity contribution in [1.29, 1.82) is 0 Å². The van der Waals surface area contributed by atoms with E-state index in [1.165, 1.54) is 6.07 Å². The monoisotopic (exact) mass is 346 g/mol. The summed E-state index contributed by atoms with van der Waals surface area (Å²) in [6, 6.07) is 6.58. The third-order valence-electron chi connectivity index (χ3n) is 2.25. The summed E-state index contributed by atoms with van der Waals surface area (Å²) in [6.45, 7) is 0.501. The van der Waals surface area contributed by atoms with E-state index in [9.17, 15) is 10.1 Å². The summed E-state index contributed by atoms with van der Waals surface area (Å²) >= 11 is 10.9. The molecular formula is C11H8BrClN2O2S. The largest absolute Gasteiger partial charge is 0.373 e. The Hall–Kier alpha value is -1.11. The van der Waals surface area contributed by atoms with Crippen molar-refractivity contribution in [2.45, 2.75) is 6.54 Å². The lowest BCUT2D eigenvalue weighted by atomic mass is 10.2. The van der Waals surface area contributed by atoms with Crippen LogP contribution in [-0.4, -0.2) is 4.92 Å². The summed E-state index contributed by atoms with van der Waals surface area (Å²) in [7, 11) is 0. The molecule has 0 radical (unpaired) electrons. The highest BCUT2D eigenvalue weighted by molar-refractivity contribution is 9.10. The fourth-order valence-electron chi connectivity index (χ4n) is 1.46. The number of nitrogens with zero attached hydrogens (tertiary/aromatic N) is 1. The fraction of sp³-hybridized carbons (Fsp3) is 0.0909. The van der Waals surface area contributed by atoms with Crippen LogP contribution in [0.4, 0.5) is 11.4 Å². The first kappa shape index (κ1) is 13.3. The van der Waals surface area contributed by atoms with Crippen molar-refractivity contribution in [3.8, 4) is 0 Å². The molecule has 1 heterocycles. The average Bonchev–Trinajstić information content (AvgIpc) is 2.73. The first-order valence-electron chi connectivity index (χ1n) is 4.97. The van der Waals surface area contributed by atoms with E-state index >= 15 is 0 Å². The molecule has 0 unspecified atom stereocenters. The van der Waals surface area contributed by atoms with Gasteiger partial charge in [0.05, 0.1) is 9.95 Å². The van der Waals surface area contributed by atoms with Gasteiger partial charge in [-0.25, -0.2) is 0 Å². The van der Waals surface area contributed by atoms with Crippen LogP contribution in [0.25, 0.3) is 0 Å². The minimum atomic E-state index is -0.446. The Morgan fingerprint density at radius 1 is 1.50 bits per heavy atom. The smallest absolute Gasteiger partial charge is 0.293 e. The van der Waals surface area contributed by atoms with Crippen molar-refractivity contribution in [2.75, 3.05) is 5.32 Å². The number of nitrogens with one attached hydrogen (secondary N) is 1. The highest BCUT2D eigenvalue weighted by atomic mass is 79.9. The van der Waals surface area contributed by atoms with Crippen LogP contribution in [0.15, 0.2) is 34.1 Å². The molecule has 7 heteroatoms. The molecule has 1 aromatic heterocycles. The molecule has 4 nitrogen and oxygen atoms in total. The molecule has 94 valence electrons. The second kappa shape index (κ2) is 5.69. The number of nitro benzene ring substituents is 1. The second-order valence-corrected chi connectivity index (χ2v) is 5.79. The number of para-hydroxylation sites is 1. The number of halogens is 2. The standard InChI is InChI=1S/C11H8BrClN2O2S/c12-7-4-8(18-6-7)5-14-11-9(13)2-1-3-10(11)15(16)17/h1-4,6,14H,5H2. The van der Waals surface area contributed by atoms with Gasteiger partial charge in [0.2, 0.25) is 0 Å². The molecule has 0 saturated carbocycles. The van der Waals surface area contributed by atoms with Crippen LogP contribution in [-0.2, 0) is 6.54 Å². The van der Waals surface area contributed by atoms with Crippen molar-refractivity contribution in [3.05, 3.63) is 54.1 Å². The minimum Gasteiger partial charge on any atom is -0.373 e. The summed E-state index contributed by atoms with van der Waals surface area (Å²) in [4.78, 5) is 11.5. The van der Waals surface area contributed by atoms with Gasteiger partial charge in [-0.2, -0.15) is 0 Å². The zero-order valence-corrected chi connectivity index (χ0v) is 12.2. The highest BCUT2D eigenvalue weighted by Gasteiger charge is 2.16. The predicted molar refractivity (Wildman–Crippen MR) is 77.5 cm³/mol. The molecule has 2 rings (SSSR count). The van der Waals surface area contributed by atoms with E-state index in [0.29, 0.717) is 17.3 Å². The van der Waals surface area contributed by atoms with Crippen LogP contribution < -0.4 is 5.32 Å². The molecule has 0 amide bonds. The summed E-state index contributed by atoms with van der Waals surface area (Å²) in [5.74, 6) is 0. The van der Waals surface area contributed by atoms with Gasteiger partial charge in [0.15, 0.2) is 0 Å². The minimum absolute atomic E-state index is 0.0156. The van der Waals surface area contributed by atoms with E-state index in [4.69, 9.17) is 11.6 Å². The summed E-state index contributed by atoms with van der Waals surface area (Å²) in [5, 5.41) is 16.2. The van der Waals surface area contributed by atoms with Crippen LogP contribution in [0.2, 0.25) is 5.02 Å². The van der Waals surface area contributed by atoms with Crippen molar-refractivity contribution >= 4 is 50.2 Å². The van der Waals surface area contributed by atoms with E-state index < -0.39 is 4.92 Å². The Morgan fingerprint density at radius 2 is 2.28 bits per heavy atom. The Labute approximate surface area is 121 Å². The Balaban J connectivity index is 2.20. The van der Waals surface area contributed by atoms with Gasteiger partial charge in [-0.05, 0) is 28.1 Å².